The highest BCUT2D eigenvalue weighted by Crippen LogP contribution is 2.29. The van der Waals surface area contributed by atoms with Crippen molar-refractivity contribution in [3.05, 3.63) is 28.8 Å². The van der Waals surface area contributed by atoms with Gasteiger partial charge in [0.05, 0.1) is 0 Å². The van der Waals surface area contributed by atoms with E-state index in [0.717, 1.165) is 30.6 Å². The largest absolute Gasteiger partial charge is 0.371 e. The molecule has 4 nitrogen and oxygen atoms in total. The van der Waals surface area contributed by atoms with E-state index in [-0.39, 0.29) is 24.0 Å². The van der Waals surface area contributed by atoms with E-state index in [1.807, 2.05) is 34.3 Å². The number of guanidine groups is 1. The Kier molecular flexibility index (Phi) is 7.94. The summed E-state index contributed by atoms with van der Waals surface area (Å²) < 4.78 is 0. The van der Waals surface area contributed by atoms with Gasteiger partial charge >= 0.3 is 0 Å². The smallest absolute Gasteiger partial charge is 0.195 e. The zero-order valence-electron chi connectivity index (χ0n) is 14.7. The topological polar surface area (TPSA) is 22.1 Å². The number of halogens is 2. The zero-order chi connectivity index (χ0) is 16.3. The van der Waals surface area contributed by atoms with Crippen molar-refractivity contribution < 1.29 is 0 Å². The summed E-state index contributed by atoms with van der Waals surface area (Å²) in [7, 11) is 8.15. The molecule has 1 aliphatic rings. The maximum atomic E-state index is 6.14. The molecular formula is C17H28ClIN4. The maximum Gasteiger partial charge on any atom is 0.195 e. The van der Waals surface area contributed by atoms with Gasteiger partial charge in [0, 0.05) is 58.5 Å². The van der Waals surface area contributed by atoms with Gasteiger partial charge in [-0.25, -0.2) is 0 Å². The minimum Gasteiger partial charge on any atom is -0.371 e. The summed E-state index contributed by atoms with van der Waals surface area (Å²) in [6, 6.07) is 6.13. The molecule has 0 bridgehead atoms. The number of rotatable bonds is 3. The Morgan fingerprint density at radius 2 is 1.91 bits per heavy atom. The van der Waals surface area contributed by atoms with Crippen molar-refractivity contribution in [3.63, 3.8) is 0 Å². The molecule has 1 saturated heterocycles. The van der Waals surface area contributed by atoms with Crippen molar-refractivity contribution in [3.8, 4) is 0 Å². The fourth-order valence-corrected chi connectivity index (χ4v) is 3.18. The van der Waals surface area contributed by atoms with E-state index in [0.29, 0.717) is 5.92 Å². The summed E-state index contributed by atoms with van der Waals surface area (Å²) in [5.74, 6) is 1.63. The van der Waals surface area contributed by atoms with Crippen LogP contribution in [0.15, 0.2) is 23.2 Å². The van der Waals surface area contributed by atoms with Gasteiger partial charge in [-0.2, -0.15) is 0 Å². The number of nitrogens with zero attached hydrogens (tertiary/aromatic N) is 4. The van der Waals surface area contributed by atoms with Crippen LogP contribution in [0.25, 0.3) is 0 Å². The molecule has 23 heavy (non-hydrogen) atoms. The molecule has 6 heteroatoms. The molecule has 0 saturated carbocycles. The number of benzene rings is 1. The Hall–Kier alpha value is -0.690. The number of aryl methyl sites for hydroxylation is 1. The van der Waals surface area contributed by atoms with Crippen molar-refractivity contribution in [2.75, 3.05) is 52.7 Å². The van der Waals surface area contributed by atoms with Crippen LogP contribution in [0.5, 0.6) is 0 Å². The Morgan fingerprint density at radius 1 is 1.26 bits per heavy atom. The molecule has 0 N–H and O–H groups in total. The maximum absolute atomic E-state index is 6.14. The first kappa shape index (κ1) is 20.4. The number of anilines is 1. The second-order valence-electron chi connectivity index (χ2n) is 6.46. The first-order valence-electron chi connectivity index (χ1n) is 7.78. The van der Waals surface area contributed by atoms with Crippen LogP contribution in [-0.4, -0.2) is 63.6 Å². The van der Waals surface area contributed by atoms with Gasteiger partial charge < -0.3 is 14.7 Å². The van der Waals surface area contributed by atoms with E-state index >= 15 is 0 Å². The Bertz CT molecular complexity index is 535. The molecule has 1 aliphatic heterocycles. The van der Waals surface area contributed by atoms with Crippen molar-refractivity contribution >= 4 is 47.2 Å². The van der Waals surface area contributed by atoms with Gasteiger partial charge in [0.1, 0.15) is 0 Å². The fraction of sp³-hybridized carbons (Fsp3) is 0.588. The lowest BCUT2D eigenvalue weighted by Gasteiger charge is -2.23. The molecule has 0 amide bonds. The molecule has 0 spiro atoms. The van der Waals surface area contributed by atoms with Crippen LogP contribution < -0.4 is 4.90 Å². The van der Waals surface area contributed by atoms with Crippen molar-refractivity contribution in [1.82, 2.24) is 9.80 Å². The van der Waals surface area contributed by atoms with Crippen molar-refractivity contribution in [2.24, 2.45) is 10.9 Å². The van der Waals surface area contributed by atoms with Gasteiger partial charge in [-0.1, -0.05) is 17.7 Å². The Morgan fingerprint density at radius 3 is 2.52 bits per heavy atom. The monoisotopic (exact) mass is 450 g/mol. The second kappa shape index (κ2) is 8.97. The SMILES string of the molecule is Cc1ccc(Cl)cc1N1CCC(CN=C(N(C)C)N(C)C)C1.I. The van der Waals surface area contributed by atoms with Gasteiger partial charge in [-0.3, -0.25) is 4.99 Å². The van der Waals surface area contributed by atoms with Gasteiger partial charge in [-0.15, -0.1) is 24.0 Å². The predicted molar refractivity (Wildman–Crippen MR) is 112 cm³/mol. The third-order valence-corrected chi connectivity index (χ3v) is 4.32. The highest BCUT2D eigenvalue weighted by Gasteiger charge is 2.24. The van der Waals surface area contributed by atoms with E-state index in [4.69, 9.17) is 16.6 Å². The minimum atomic E-state index is 0. The third kappa shape index (κ3) is 5.41. The molecule has 2 rings (SSSR count). The zero-order valence-corrected chi connectivity index (χ0v) is 17.8. The van der Waals surface area contributed by atoms with Crippen LogP contribution in [-0.2, 0) is 0 Å². The summed E-state index contributed by atoms with van der Waals surface area (Å²) in [6.45, 7) is 5.16. The highest BCUT2D eigenvalue weighted by atomic mass is 127. The number of hydrogen-bond donors (Lipinski definition) is 0. The lowest BCUT2D eigenvalue weighted by atomic mass is 10.1. The van der Waals surface area contributed by atoms with E-state index in [1.165, 1.54) is 17.7 Å². The summed E-state index contributed by atoms with van der Waals surface area (Å²) in [4.78, 5) is 11.4. The van der Waals surface area contributed by atoms with E-state index < -0.39 is 0 Å². The molecular weight excluding hydrogens is 423 g/mol. The molecule has 1 fully saturated rings. The highest BCUT2D eigenvalue weighted by molar-refractivity contribution is 14.0. The third-order valence-electron chi connectivity index (χ3n) is 4.09. The summed E-state index contributed by atoms with van der Waals surface area (Å²) in [5.41, 5.74) is 2.55. The van der Waals surface area contributed by atoms with Crippen molar-refractivity contribution in [2.45, 2.75) is 13.3 Å². The quantitative estimate of drug-likeness (QED) is 0.399. The van der Waals surface area contributed by atoms with Crippen LogP contribution >= 0.6 is 35.6 Å². The van der Waals surface area contributed by atoms with Gasteiger partial charge in [0.25, 0.3) is 0 Å². The second-order valence-corrected chi connectivity index (χ2v) is 6.90. The summed E-state index contributed by atoms with van der Waals surface area (Å²) in [5, 5.41) is 0.810. The summed E-state index contributed by atoms with van der Waals surface area (Å²) >= 11 is 6.14. The Balaban J connectivity index is 0.00000264. The van der Waals surface area contributed by atoms with Crippen LogP contribution in [0.3, 0.4) is 0 Å². The molecule has 1 atom stereocenters. The standard InChI is InChI=1S/C17H27ClN4.HI/c1-13-6-7-15(18)10-16(13)22-9-8-14(12-22)11-19-17(20(2)3)21(4)5;/h6-7,10,14H,8-9,11-12H2,1-5H3;1H. The molecule has 0 aromatic heterocycles. The molecule has 0 radical (unpaired) electrons. The van der Waals surface area contributed by atoms with Crippen LogP contribution in [0.4, 0.5) is 5.69 Å². The average molecular weight is 451 g/mol. The van der Waals surface area contributed by atoms with Gasteiger partial charge in [-0.05, 0) is 37.0 Å². The molecule has 130 valence electrons. The summed E-state index contributed by atoms with van der Waals surface area (Å²) in [6.07, 6.45) is 1.18. The fourth-order valence-electron chi connectivity index (χ4n) is 3.02. The average Bonchev–Trinajstić information content (AvgIpc) is 2.89. The number of hydrogen-bond acceptors (Lipinski definition) is 2. The first-order valence-corrected chi connectivity index (χ1v) is 8.16. The van der Waals surface area contributed by atoms with Crippen LogP contribution in [0, 0.1) is 12.8 Å². The Labute approximate surface area is 162 Å². The lowest BCUT2D eigenvalue weighted by Crippen LogP contribution is -2.36. The molecule has 1 aromatic carbocycles. The predicted octanol–water partition coefficient (Wildman–Crippen LogP) is 3.57. The first-order chi connectivity index (χ1) is 10.4. The normalized spacial score (nSPS) is 16.8. The van der Waals surface area contributed by atoms with E-state index in [2.05, 4.69) is 33.8 Å². The van der Waals surface area contributed by atoms with Gasteiger partial charge in [0.15, 0.2) is 5.96 Å². The van der Waals surface area contributed by atoms with Gasteiger partial charge in [0.2, 0.25) is 0 Å². The van der Waals surface area contributed by atoms with E-state index in [1.54, 1.807) is 0 Å². The molecule has 1 aromatic rings. The minimum absolute atomic E-state index is 0. The molecule has 0 aliphatic carbocycles. The molecule has 1 unspecified atom stereocenters. The van der Waals surface area contributed by atoms with Crippen LogP contribution in [0.1, 0.15) is 12.0 Å². The lowest BCUT2D eigenvalue weighted by molar-refractivity contribution is 0.472. The molecule has 1 heterocycles. The van der Waals surface area contributed by atoms with Crippen LogP contribution in [0.2, 0.25) is 5.02 Å². The number of aliphatic imine (C=N–C) groups is 1. The van der Waals surface area contributed by atoms with E-state index in [9.17, 15) is 0 Å². The van der Waals surface area contributed by atoms with Crippen molar-refractivity contribution in [1.29, 1.82) is 0 Å².